The first-order valence-corrected chi connectivity index (χ1v) is 12.0. The highest BCUT2D eigenvalue weighted by Crippen LogP contribution is 2.36. The number of pyridine rings is 1. The Morgan fingerprint density at radius 3 is 2.63 bits per heavy atom. The van der Waals surface area contributed by atoms with Crippen molar-refractivity contribution < 1.29 is 4.74 Å². The molecule has 1 fully saturated rings. The molecule has 1 saturated carbocycles. The Hall–Kier alpha value is -3.49. The van der Waals surface area contributed by atoms with Crippen LogP contribution in [0.25, 0.3) is 22.3 Å². The van der Waals surface area contributed by atoms with Gasteiger partial charge in [0, 0.05) is 29.4 Å². The summed E-state index contributed by atoms with van der Waals surface area (Å²) in [7, 11) is 1.68. The van der Waals surface area contributed by atoms with E-state index in [-0.39, 0.29) is 17.2 Å². The third kappa shape index (κ3) is 3.83. The summed E-state index contributed by atoms with van der Waals surface area (Å²) in [6.07, 6.45) is 8.39. The molecular weight excluding hydrogens is 466 g/mol. The Morgan fingerprint density at radius 2 is 1.89 bits per heavy atom. The van der Waals surface area contributed by atoms with E-state index in [4.69, 9.17) is 16.3 Å². The molecule has 1 aliphatic heterocycles. The normalized spacial score (nSPS) is 18.1. The molecule has 0 unspecified atom stereocenters. The molecule has 0 spiro atoms. The van der Waals surface area contributed by atoms with Crippen LogP contribution in [-0.2, 0) is 11.8 Å². The second kappa shape index (κ2) is 8.32. The molecule has 0 amide bonds. The highest BCUT2D eigenvalue weighted by Gasteiger charge is 2.27. The summed E-state index contributed by atoms with van der Waals surface area (Å²) >= 11 is 6.09. The molecule has 4 heterocycles. The Balaban J connectivity index is 1.55. The van der Waals surface area contributed by atoms with Crippen molar-refractivity contribution >= 4 is 28.2 Å². The quantitative estimate of drug-likeness (QED) is 0.430. The minimum atomic E-state index is -0.302. The average molecular weight is 490 g/mol. The van der Waals surface area contributed by atoms with Crippen molar-refractivity contribution in [2.45, 2.75) is 38.3 Å². The maximum Gasteiger partial charge on any atom is 0.264 e. The Bertz CT molecular complexity index is 1610. The van der Waals surface area contributed by atoms with Crippen LogP contribution in [-0.4, -0.2) is 30.5 Å². The van der Waals surface area contributed by atoms with Gasteiger partial charge in [0.15, 0.2) is 5.65 Å². The third-order valence-corrected chi connectivity index (χ3v) is 7.04. The molecule has 1 atom stereocenters. The summed E-state index contributed by atoms with van der Waals surface area (Å²) in [6.45, 7) is 2.21. The molecule has 1 aromatic carbocycles. The zero-order valence-corrected chi connectivity index (χ0v) is 20.2. The molecule has 6 rings (SSSR count). The van der Waals surface area contributed by atoms with Gasteiger partial charge in [0.2, 0.25) is 0 Å². The van der Waals surface area contributed by atoms with Crippen LogP contribution >= 0.6 is 11.6 Å². The number of halogens is 1. The molecule has 0 bridgehead atoms. The van der Waals surface area contributed by atoms with E-state index >= 15 is 0 Å². The second-order valence-electron chi connectivity index (χ2n) is 9.15. The summed E-state index contributed by atoms with van der Waals surface area (Å²) in [5, 5.41) is 5.42. The number of aromatic nitrogens is 5. The lowest BCUT2D eigenvalue weighted by molar-refractivity contribution is 0.0826. The van der Waals surface area contributed by atoms with E-state index in [1.54, 1.807) is 44.3 Å². The molecule has 1 aliphatic carbocycles. The highest BCUT2D eigenvalue weighted by atomic mass is 35.5. The van der Waals surface area contributed by atoms with Crippen molar-refractivity contribution in [1.29, 1.82) is 0 Å². The van der Waals surface area contributed by atoms with Crippen molar-refractivity contribution in [2.24, 2.45) is 7.05 Å². The predicted octanol–water partition coefficient (Wildman–Crippen LogP) is 4.12. The number of benzene rings is 1. The fourth-order valence-corrected chi connectivity index (χ4v) is 4.68. The highest BCUT2D eigenvalue weighted by molar-refractivity contribution is 6.30. The van der Waals surface area contributed by atoms with E-state index in [2.05, 4.69) is 10.1 Å². The van der Waals surface area contributed by atoms with E-state index in [9.17, 15) is 9.59 Å². The SMILES string of the molecule is Cc1nc2c(cc(C3=C[C@H](c4cnn(C5CC5)c4)OCC3)c(=O)n2-c2ccc(Cl)cc2)c(=O)n1C. The molecule has 0 radical (unpaired) electrons. The molecule has 3 aromatic heterocycles. The zero-order valence-electron chi connectivity index (χ0n) is 19.4. The fraction of sp³-hybridized carbons (Fsp3) is 0.308. The Kier molecular flexibility index (Phi) is 5.23. The standard InChI is InChI=1S/C26H24ClN5O3/c1-15-29-24-22(25(33)30(15)2)12-21(26(34)32(24)20-5-3-18(27)4-6-20)16-9-10-35-23(11-16)17-13-28-31(14-17)19-7-8-19/h3-6,11-14,19,23H,7-10H2,1-2H3/t23-/m1/s1. The summed E-state index contributed by atoms with van der Waals surface area (Å²) < 4.78 is 11.0. The van der Waals surface area contributed by atoms with Crippen LogP contribution in [0.2, 0.25) is 5.02 Å². The van der Waals surface area contributed by atoms with Crippen LogP contribution in [0, 0.1) is 6.92 Å². The van der Waals surface area contributed by atoms with Gasteiger partial charge in [-0.3, -0.25) is 23.4 Å². The second-order valence-corrected chi connectivity index (χ2v) is 9.59. The lowest BCUT2D eigenvalue weighted by Crippen LogP contribution is -2.29. The van der Waals surface area contributed by atoms with Gasteiger partial charge in [0.25, 0.3) is 11.1 Å². The van der Waals surface area contributed by atoms with Gasteiger partial charge in [0.1, 0.15) is 11.9 Å². The largest absolute Gasteiger partial charge is 0.369 e. The van der Waals surface area contributed by atoms with Crippen LogP contribution in [0.15, 0.2) is 58.4 Å². The molecule has 8 nitrogen and oxygen atoms in total. The third-order valence-electron chi connectivity index (χ3n) is 6.79. The minimum absolute atomic E-state index is 0.202. The first kappa shape index (κ1) is 22.0. The van der Waals surface area contributed by atoms with E-state index in [0.29, 0.717) is 52.2 Å². The van der Waals surface area contributed by atoms with E-state index in [1.807, 2.05) is 23.2 Å². The first-order chi connectivity index (χ1) is 16.9. The summed E-state index contributed by atoms with van der Waals surface area (Å²) in [5.41, 5.74) is 2.77. The predicted molar refractivity (Wildman–Crippen MR) is 134 cm³/mol. The number of ether oxygens (including phenoxy) is 1. The van der Waals surface area contributed by atoms with E-state index < -0.39 is 0 Å². The van der Waals surface area contributed by atoms with Gasteiger partial charge in [0.05, 0.1) is 29.9 Å². The van der Waals surface area contributed by atoms with Crippen molar-refractivity contribution in [3.63, 3.8) is 0 Å². The van der Waals surface area contributed by atoms with Crippen LogP contribution in [0.5, 0.6) is 0 Å². The molecule has 9 heteroatoms. The maximum atomic E-state index is 13.9. The molecule has 0 saturated heterocycles. The molecule has 4 aromatic rings. The number of fused-ring (bicyclic) bond motifs is 1. The molecular formula is C26H24ClN5O3. The van der Waals surface area contributed by atoms with Crippen LogP contribution in [0.3, 0.4) is 0 Å². The van der Waals surface area contributed by atoms with Gasteiger partial charge in [-0.15, -0.1) is 0 Å². The lowest BCUT2D eigenvalue weighted by atomic mass is 9.97. The van der Waals surface area contributed by atoms with Crippen molar-refractivity contribution in [3.05, 3.63) is 91.5 Å². The summed E-state index contributed by atoms with van der Waals surface area (Å²) in [6, 6.07) is 9.12. The topological polar surface area (TPSA) is 83.9 Å². The van der Waals surface area contributed by atoms with Gasteiger partial charge >= 0.3 is 0 Å². The summed E-state index contributed by atoms with van der Waals surface area (Å²) in [4.78, 5) is 31.7. The average Bonchev–Trinajstić information content (AvgIpc) is 3.60. The fourth-order valence-electron chi connectivity index (χ4n) is 4.56. The van der Waals surface area contributed by atoms with E-state index in [1.165, 1.54) is 9.13 Å². The number of hydrogen-bond donors (Lipinski definition) is 0. The summed E-state index contributed by atoms with van der Waals surface area (Å²) in [5.74, 6) is 0.524. The monoisotopic (exact) mass is 489 g/mol. The van der Waals surface area contributed by atoms with Crippen LogP contribution in [0.4, 0.5) is 0 Å². The minimum Gasteiger partial charge on any atom is -0.369 e. The van der Waals surface area contributed by atoms with Crippen molar-refractivity contribution in [3.8, 4) is 5.69 Å². The smallest absolute Gasteiger partial charge is 0.264 e. The van der Waals surface area contributed by atoms with Gasteiger partial charge in [-0.1, -0.05) is 11.6 Å². The van der Waals surface area contributed by atoms with Gasteiger partial charge in [-0.25, -0.2) is 4.98 Å². The zero-order chi connectivity index (χ0) is 24.3. The number of hydrogen-bond acceptors (Lipinski definition) is 5. The molecule has 2 aliphatic rings. The number of nitrogens with zero attached hydrogens (tertiary/aromatic N) is 5. The van der Waals surface area contributed by atoms with Crippen molar-refractivity contribution in [2.75, 3.05) is 6.61 Å². The maximum absolute atomic E-state index is 13.9. The molecule has 178 valence electrons. The number of rotatable bonds is 4. The molecule has 35 heavy (non-hydrogen) atoms. The van der Waals surface area contributed by atoms with Gasteiger partial charge < -0.3 is 4.74 Å². The Labute approximate surface area is 206 Å². The van der Waals surface area contributed by atoms with Gasteiger partial charge in [-0.05, 0) is 68.2 Å². The van der Waals surface area contributed by atoms with Crippen LogP contribution < -0.4 is 11.1 Å². The Morgan fingerprint density at radius 1 is 1.11 bits per heavy atom. The van der Waals surface area contributed by atoms with Gasteiger partial charge in [-0.2, -0.15) is 5.10 Å². The van der Waals surface area contributed by atoms with E-state index in [0.717, 1.165) is 24.0 Å². The number of aryl methyl sites for hydroxylation is 1. The van der Waals surface area contributed by atoms with Crippen LogP contribution in [0.1, 0.15) is 48.4 Å². The molecule has 0 N–H and O–H groups in total. The lowest BCUT2D eigenvalue weighted by Gasteiger charge is -2.22. The van der Waals surface area contributed by atoms with Crippen molar-refractivity contribution in [1.82, 2.24) is 23.9 Å². The first-order valence-electron chi connectivity index (χ1n) is 11.7.